The van der Waals surface area contributed by atoms with Gasteiger partial charge in [-0.3, -0.25) is 9.40 Å². The summed E-state index contributed by atoms with van der Waals surface area (Å²) in [4.78, 5) is 0.00871. The third kappa shape index (κ3) is 3.95. The molecule has 3 aromatic carbocycles. The van der Waals surface area contributed by atoms with Gasteiger partial charge in [0, 0.05) is 18.3 Å². The predicted molar refractivity (Wildman–Crippen MR) is 116 cm³/mol. The van der Waals surface area contributed by atoms with E-state index < -0.39 is 10.0 Å². The third-order valence-electron chi connectivity index (χ3n) is 4.75. The van der Waals surface area contributed by atoms with Crippen LogP contribution in [0.5, 0.6) is 11.5 Å². The standard InChI is InChI=1S/C22H21N3O4S/c1-28-18-10-11-21(20(14-18)29-2)30(26,27)24-22-12-13-25(23-22)15-17-8-5-7-16-6-3-4-9-19(16)17/h3-14H,15H2,1-2H3,(H,23,24). The summed E-state index contributed by atoms with van der Waals surface area (Å²) in [6.45, 7) is 0.523. The summed E-state index contributed by atoms with van der Waals surface area (Å²) in [5.41, 5.74) is 1.10. The maximum Gasteiger partial charge on any atom is 0.266 e. The zero-order chi connectivity index (χ0) is 21.1. The minimum Gasteiger partial charge on any atom is -0.497 e. The van der Waals surface area contributed by atoms with E-state index in [4.69, 9.17) is 9.47 Å². The minimum absolute atomic E-state index is 0.00871. The summed E-state index contributed by atoms with van der Waals surface area (Å²) >= 11 is 0. The van der Waals surface area contributed by atoms with Gasteiger partial charge in [-0.05, 0) is 28.5 Å². The van der Waals surface area contributed by atoms with Crippen LogP contribution < -0.4 is 14.2 Å². The first kappa shape index (κ1) is 19.8. The molecular weight excluding hydrogens is 402 g/mol. The Hall–Kier alpha value is -3.52. The van der Waals surface area contributed by atoms with E-state index in [2.05, 4.69) is 28.0 Å². The van der Waals surface area contributed by atoms with Gasteiger partial charge in [0.25, 0.3) is 10.0 Å². The molecule has 1 N–H and O–H groups in total. The molecule has 0 radical (unpaired) electrons. The molecule has 0 unspecified atom stereocenters. The maximum atomic E-state index is 12.8. The van der Waals surface area contributed by atoms with Crippen molar-refractivity contribution in [2.24, 2.45) is 0 Å². The number of aromatic nitrogens is 2. The Balaban J connectivity index is 1.57. The first-order valence-corrected chi connectivity index (χ1v) is 10.7. The zero-order valence-electron chi connectivity index (χ0n) is 16.6. The largest absolute Gasteiger partial charge is 0.497 e. The molecule has 0 atom stereocenters. The lowest BCUT2D eigenvalue weighted by Gasteiger charge is -2.11. The fourth-order valence-corrected chi connectivity index (χ4v) is 4.45. The van der Waals surface area contributed by atoms with Gasteiger partial charge in [-0.25, -0.2) is 8.42 Å². The Morgan fingerprint density at radius 2 is 1.77 bits per heavy atom. The fourth-order valence-electron chi connectivity index (χ4n) is 3.30. The van der Waals surface area contributed by atoms with Crippen molar-refractivity contribution in [2.75, 3.05) is 18.9 Å². The summed E-state index contributed by atoms with van der Waals surface area (Å²) in [5.74, 6) is 0.926. The van der Waals surface area contributed by atoms with Crippen LogP contribution in [0.3, 0.4) is 0 Å². The maximum absolute atomic E-state index is 12.8. The van der Waals surface area contributed by atoms with Crippen LogP contribution >= 0.6 is 0 Å². The number of rotatable bonds is 7. The second-order valence-electron chi connectivity index (χ2n) is 6.66. The highest BCUT2D eigenvalue weighted by molar-refractivity contribution is 7.92. The number of benzene rings is 3. The molecule has 0 aliphatic heterocycles. The molecule has 0 fully saturated rings. The smallest absolute Gasteiger partial charge is 0.266 e. The van der Waals surface area contributed by atoms with Gasteiger partial charge in [-0.1, -0.05) is 42.5 Å². The van der Waals surface area contributed by atoms with Crippen molar-refractivity contribution in [1.82, 2.24) is 9.78 Å². The van der Waals surface area contributed by atoms with Crippen LogP contribution in [0.1, 0.15) is 5.56 Å². The van der Waals surface area contributed by atoms with E-state index in [-0.39, 0.29) is 16.5 Å². The van der Waals surface area contributed by atoms with Crippen LogP contribution in [-0.4, -0.2) is 32.4 Å². The molecule has 4 rings (SSSR count). The van der Waals surface area contributed by atoms with E-state index in [0.717, 1.165) is 16.3 Å². The van der Waals surface area contributed by atoms with Crippen molar-refractivity contribution < 1.29 is 17.9 Å². The molecular formula is C22H21N3O4S. The monoisotopic (exact) mass is 423 g/mol. The molecule has 0 saturated carbocycles. The number of anilines is 1. The lowest BCUT2D eigenvalue weighted by atomic mass is 10.0. The van der Waals surface area contributed by atoms with Gasteiger partial charge < -0.3 is 9.47 Å². The molecule has 1 heterocycles. The molecule has 0 aliphatic rings. The van der Waals surface area contributed by atoms with Crippen molar-refractivity contribution >= 4 is 26.6 Å². The lowest BCUT2D eigenvalue weighted by molar-refractivity contribution is 0.386. The van der Waals surface area contributed by atoms with E-state index in [0.29, 0.717) is 12.3 Å². The molecule has 0 spiro atoms. The molecule has 0 bridgehead atoms. The number of hydrogen-bond donors (Lipinski definition) is 1. The third-order valence-corrected chi connectivity index (χ3v) is 6.15. The number of hydrogen-bond acceptors (Lipinski definition) is 5. The van der Waals surface area contributed by atoms with Crippen LogP contribution in [0.2, 0.25) is 0 Å². The normalized spacial score (nSPS) is 11.4. The molecule has 8 heteroatoms. The number of fused-ring (bicyclic) bond motifs is 1. The molecule has 1 aromatic heterocycles. The number of ether oxygens (including phenoxy) is 2. The van der Waals surface area contributed by atoms with Crippen LogP contribution in [-0.2, 0) is 16.6 Å². The molecule has 0 aliphatic carbocycles. The highest BCUT2D eigenvalue weighted by Crippen LogP contribution is 2.29. The van der Waals surface area contributed by atoms with E-state index in [9.17, 15) is 8.42 Å². The molecule has 154 valence electrons. The Bertz CT molecular complexity index is 1290. The van der Waals surface area contributed by atoms with Crippen LogP contribution in [0.15, 0.2) is 77.8 Å². The highest BCUT2D eigenvalue weighted by atomic mass is 32.2. The molecule has 7 nitrogen and oxygen atoms in total. The van der Waals surface area contributed by atoms with Gasteiger partial charge in [0.1, 0.15) is 16.4 Å². The van der Waals surface area contributed by atoms with Crippen LogP contribution in [0, 0.1) is 0 Å². The van der Waals surface area contributed by atoms with Crippen molar-refractivity contribution in [3.05, 3.63) is 78.5 Å². The van der Waals surface area contributed by atoms with Gasteiger partial charge in [0.2, 0.25) is 0 Å². The highest BCUT2D eigenvalue weighted by Gasteiger charge is 2.21. The second-order valence-corrected chi connectivity index (χ2v) is 8.31. The first-order chi connectivity index (χ1) is 14.5. The average molecular weight is 423 g/mol. The Morgan fingerprint density at radius 1 is 0.967 bits per heavy atom. The Kier molecular flexibility index (Phi) is 5.33. The Morgan fingerprint density at radius 3 is 2.57 bits per heavy atom. The topological polar surface area (TPSA) is 82.5 Å². The Labute approximate surface area is 174 Å². The summed E-state index contributed by atoms with van der Waals surface area (Å²) in [6, 6.07) is 20.4. The number of sulfonamides is 1. The SMILES string of the molecule is COc1ccc(S(=O)(=O)Nc2ccn(Cc3cccc4ccccc34)n2)c(OC)c1. The van der Waals surface area contributed by atoms with Crippen molar-refractivity contribution in [3.8, 4) is 11.5 Å². The molecule has 4 aromatic rings. The van der Waals surface area contributed by atoms with Gasteiger partial charge in [-0.2, -0.15) is 5.10 Å². The van der Waals surface area contributed by atoms with E-state index in [1.807, 2.05) is 24.3 Å². The van der Waals surface area contributed by atoms with Crippen LogP contribution in [0.4, 0.5) is 5.82 Å². The summed E-state index contributed by atoms with van der Waals surface area (Å²) < 4.78 is 40.2. The second kappa shape index (κ2) is 8.08. The van der Waals surface area contributed by atoms with Gasteiger partial charge in [-0.15, -0.1) is 0 Å². The number of methoxy groups -OCH3 is 2. The van der Waals surface area contributed by atoms with E-state index in [1.54, 1.807) is 23.0 Å². The lowest BCUT2D eigenvalue weighted by Crippen LogP contribution is -2.15. The van der Waals surface area contributed by atoms with Crippen molar-refractivity contribution in [3.63, 3.8) is 0 Å². The van der Waals surface area contributed by atoms with Gasteiger partial charge >= 0.3 is 0 Å². The van der Waals surface area contributed by atoms with Crippen molar-refractivity contribution in [1.29, 1.82) is 0 Å². The van der Waals surface area contributed by atoms with Crippen molar-refractivity contribution in [2.45, 2.75) is 11.4 Å². The minimum atomic E-state index is -3.88. The van der Waals surface area contributed by atoms with E-state index in [1.165, 1.54) is 26.4 Å². The fraction of sp³-hybridized carbons (Fsp3) is 0.136. The molecule has 0 amide bonds. The number of nitrogens with zero attached hydrogens (tertiary/aromatic N) is 2. The predicted octanol–water partition coefficient (Wildman–Crippen LogP) is 3.90. The van der Waals surface area contributed by atoms with E-state index >= 15 is 0 Å². The summed E-state index contributed by atoms with van der Waals surface area (Å²) in [7, 11) is -0.968. The number of nitrogens with one attached hydrogen (secondary N) is 1. The van der Waals surface area contributed by atoms with Gasteiger partial charge in [0.15, 0.2) is 5.82 Å². The zero-order valence-corrected chi connectivity index (χ0v) is 17.4. The first-order valence-electron chi connectivity index (χ1n) is 9.25. The quantitative estimate of drug-likeness (QED) is 0.487. The van der Waals surface area contributed by atoms with Gasteiger partial charge in [0.05, 0.1) is 20.8 Å². The summed E-state index contributed by atoms with van der Waals surface area (Å²) in [5, 5.41) is 6.66. The van der Waals surface area contributed by atoms with Crippen LogP contribution in [0.25, 0.3) is 10.8 Å². The molecule has 30 heavy (non-hydrogen) atoms. The summed E-state index contributed by atoms with van der Waals surface area (Å²) in [6.07, 6.45) is 1.74. The molecule has 0 saturated heterocycles. The average Bonchev–Trinajstić information content (AvgIpc) is 3.19.